The van der Waals surface area contributed by atoms with Gasteiger partial charge in [0.05, 0.1) is 18.6 Å². The number of piperidine rings is 1. The van der Waals surface area contributed by atoms with Gasteiger partial charge in [-0.1, -0.05) is 5.16 Å². The normalized spacial score (nSPS) is 29.7. The lowest BCUT2D eigenvalue weighted by atomic mass is 9.90. The first-order chi connectivity index (χ1) is 10.3. The van der Waals surface area contributed by atoms with Crippen molar-refractivity contribution in [1.29, 1.82) is 0 Å². The van der Waals surface area contributed by atoms with Crippen LogP contribution in [-0.2, 0) is 11.3 Å². The largest absolute Gasteiger partial charge is 0.377 e. The fourth-order valence-electron chi connectivity index (χ4n) is 3.40. The van der Waals surface area contributed by atoms with E-state index in [1.807, 2.05) is 18.5 Å². The van der Waals surface area contributed by atoms with Crippen LogP contribution in [0.15, 0.2) is 16.1 Å². The average Bonchev–Trinajstić information content (AvgIpc) is 3.18. The van der Waals surface area contributed by atoms with Crippen molar-refractivity contribution in [3.05, 3.63) is 28.3 Å². The Kier molecular flexibility index (Phi) is 3.48. The Labute approximate surface area is 127 Å². The summed E-state index contributed by atoms with van der Waals surface area (Å²) in [4.78, 5) is 11.3. The first kappa shape index (κ1) is 13.4. The van der Waals surface area contributed by atoms with Gasteiger partial charge in [-0.2, -0.15) is 4.98 Å². The van der Waals surface area contributed by atoms with Crippen LogP contribution in [0.25, 0.3) is 0 Å². The van der Waals surface area contributed by atoms with Crippen LogP contribution in [0.3, 0.4) is 0 Å². The smallest absolute Gasteiger partial charge is 0.231 e. The second-order valence-electron chi connectivity index (χ2n) is 5.73. The predicted molar refractivity (Wildman–Crippen MR) is 77.1 cm³/mol. The molecule has 2 aliphatic rings. The highest BCUT2D eigenvalue weighted by molar-refractivity contribution is 7.09. The van der Waals surface area contributed by atoms with Crippen LogP contribution in [0.5, 0.6) is 0 Å². The molecule has 112 valence electrons. The van der Waals surface area contributed by atoms with Gasteiger partial charge in [-0.05, 0) is 19.8 Å². The molecule has 4 heterocycles. The number of aryl methyl sites for hydroxylation is 1. The summed E-state index contributed by atoms with van der Waals surface area (Å²) in [5.74, 6) is 1.70. The second kappa shape index (κ2) is 5.47. The van der Waals surface area contributed by atoms with Crippen molar-refractivity contribution in [2.24, 2.45) is 0 Å². The molecule has 0 N–H and O–H groups in total. The fraction of sp³-hybridized carbons (Fsp3) is 0.643. The lowest BCUT2D eigenvalue weighted by Gasteiger charge is -2.39. The van der Waals surface area contributed by atoms with E-state index in [0.717, 1.165) is 43.4 Å². The van der Waals surface area contributed by atoms with Crippen LogP contribution in [0.2, 0.25) is 0 Å². The third kappa shape index (κ3) is 2.61. The highest BCUT2D eigenvalue weighted by atomic mass is 32.1. The maximum atomic E-state index is 5.92. The molecule has 2 fully saturated rings. The standard InChI is InChI=1S/C14H18N4O2S/c1-9-16-14(20-17-9)10-6-12-11(2-4-19-12)18(7-10)8-13-15-3-5-21-13/h3,5,10-12H,2,4,6-8H2,1H3/t10-,11-,12-/m1/s1. The van der Waals surface area contributed by atoms with Crippen molar-refractivity contribution in [3.63, 3.8) is 0 Å². The summed E-state index contributed by atoms with van der Waals surface area (Å²) in [6.45, 7) is 4.52. The number of nitrogens with zero attached hydrogens (tertiary/aromatic N) is 4. The lowest BCUT2D eigenvalue weighted by molar-refractivity contribution is 0.00845. The van der Waals surface area contributed by atoms with Crippen LogP contribution in [0.4, 0.5) is 0 Å². The number of fused-ring (bicyclic) bond motifs is 1. The Bertz CT molecular complexity index is 600. The topological polar surface area (TPSA) is 64.3 Å². The number of thiazole rings is 1. The summed E-state index contributed by atoms with van der Waals surface area (Å²) in [6, 6.07) is 0.495. The van der Waals surface area contributed by atoms with E-state index in [-0.39, 0.29) is 12.0 Å². The van der Waals surface area contributed by atoms with E-state index in [4.69, 9.17) is 9.26 Å². The minimum absolute atomic E-state index is 0.255. The van der Waals surface area contributed by atoms with Crippen molar-refractivity contribution in [1.82, 2.24) is 20.0 Å². The maximum Gasteiger partial charge on any atom is 0.231 e. The number of rotatable bonds is 3. The zero-order chi connectivity index (χ0) is 14.2. The first-order valence-electron chi connectivity index (χ1n) is 7.34. The molecule has 0 saturated carbocycles. The number of aromatic nitrogens is 3. The molecule has 2 aromatic rings. The van der Waals surface area contributed by atoms with E-state index in [1.165, 1.54) is 0 Å². The predicted octanol–water partition coefficient (Wildman–Crippen LogP) is 1.98. The van der Waals surface area contributed by atoms with Gasteiger partial charge < -0.3 is 9.26 Å². The van der Waals surface area contributed by atoms with Gasteiger partial charge in [-0.15, -0.1) is 11.3 Å². The van der Waals surface area contributed by atoms with E-state index in [2.05, 4.69) is 20.0 Å². The van der Waals surface area contributed by atoms with Crippen LogP contribution in [0.1, 0.15) is 35.5 Å². The summed E-state index contributed by atoms with van der Waals surface area (Å²) in [6.07, 6.45) is 4.22. The van der Waals surface area contributed by atoms with Gasteiger partial charge in [0, 0.05) is 30.8 Å². The first-order valence-corrected chi connectivity index (χ1v) is 8.22. The Hall–Kier alpha value is -1.31. The Morgan fingerprint density at radius 1 is 1.48 bits per heavy atom. The van der Waals surface area contributed by atoms with Crippen LogP contribution in [-0.4, -0.2) is 45.3 Å². The third-order valence-electron chi connectivity index (χ3n) is 4.33. The quantitative estimate of drug-likeness (QED) is 0.864. The minimum atomic E-state index is 0.255. The fourth-order valence-corrected chi connectivity index (χ4v) is 4.04. The third-order valence-corrected chi connectivity index (χ3v) is 5.09. The second-order valence-corrected chi connectivity index (χ2v) is 6.71. The van der Waals surface area contributed by atoms with Gasteiger partial charge in [0.1, 0.15) is 5.01 Å². The molecule has 0 radical (unpaired) electrons. The van der Waals surface area contributed by atoms with Crippen molar-refractivity contribution in [2.75, 3.05) is 13.2 Å². The SMILES string of the molecule is Cc1noc([C@@H]2C[C@H]3OCC[C@H]3N(Cc3nccs3)C2)n1. The summed E-state index contributed by atoms with van der Waals surface area (Å²) >= 11 is 1.71. The number of ether oxygens (including phenoxy) is 1. The average molecular weight is 306 g/mol. The Morgan fingerprint density at radius 3 is 3.19 bits per heavy atom. The molecule has 0 aliphatic carbocycles. The van der Waals surface area contributed by atoms with E-state index >= 15 is 0 Å². The zero-order valence-electron chi connectivity index (χ0n) is 11.9. The molecule has 7 heteroatoms. The van der Waals surface area contributed by atoms with Crippen molar-refractivity contribution in [2.45, 2.75) is 44.4 Å². The molecule has 21 heavy (non-hydrogen) atoms. The molecular weight excluding hydrogens is 288 g/mol. The van der Waals surface area contributed by atoms with Crippen molar-refractivity contribution in [3.8, 4) is 0 Å². The van der Waals surface area contributed by atoms with Gasteiger partial charge in [-0.3, -0.25) is 4.90 Å². The van der Waals surface area contributed by atoms with Gasteiger partial charge >= 0.3 is 0 Å². The van der Waals surface area contributed by atoms with E-state index < -0.39 is 0 Å². The van der Waals surface area contributed by atoms with Gasteiger partial charge in [-0.25, -0.2) is 4.98 Å². The summed E-state index contributed by atoms with van der Waals surface area (Å²) in [5.41, 5.74) is 0. The molecule has 0 unspecified atom stereocenters. The number of hydrogen-bond acceptors (Lipinski definition) is 7. The maximum absolute atomic E-state index is 5.92. The van der Waals surface area contributed by atoms with Gasteiger partial charge in [0.25, 0.3) is 0 Å². The Morgan fingerprint density at radius 2 is 2.43 bits per heavy atom. The number of hydrogen-bond donors (Lipinski definition) is 0. The van der Waals surface area contributed by atoms with Crippen molar-refractivity contribution >= 4 is 11.3 Å². The molecule has 0 amide bonds. The Balaban J connectivity index is 1.55. The molecule has 0 spiro atoms. The zero-order valence-corrected chi connectivity index (χ0v) is 12.8. The monoisotopic (exact) mass is 306 g/mol. The molecule has 0 aromatic carbocycles. The van der Waals surface area contributed by atoms with Gasteiger partial charge in [0.2, 0.25) is 5.89 Å². The van der Waals surface area contributed by atoms with Crippen LogP contribution >= 0.6 is 11.3 Å². The summed E-state index contributed by atoms with van der Waals surface area (Å²) in [5, 5.41) is 7.11. The minimum Gasteiger partial charge on any atom is -0.377 e. The molecule has 6 nitrogen and oxygen atoms in total. The molecule has 0 bridgehead atoms. The van der Waals surface area contributed by atoms with E-state index in [0.29, 0.717) is 11.9 Å². The molecule has 2 aromatic heterocycles. The molecule has 2 aliphatic heterocycles. The molecule has 2 saturated heterocycles. The molecule has 4 rings (SSSR count). The highest BCUT2D eigenvalue weighted by Gasteiger charge is 2.42. The van der Waals surface area contributed by atoms with Crippen LogP contribution in [0, 0.1) is 6.92 Å². The highest BCUT2D eigenvalue weighted by Crippen LogP contribution is 2.36. The van der Waals surface area contributed by atoms with Crippen molar-refractivity contribution < 1.29 is 9.26 Å². The van der Waals surface area contributed by atoms with Crippen LogP contribution < -0.4 is 0 Å². The molecular formula is C14H18N4O2S. The van der Waals surface area contributed by atoms with E-state index in [1.54, 1.807) is 11.3 Å². The summed E-state index contributed by atoms with van der Waals surface area (Å²) in [7, 11) is 0. The molecule has 3 atom stereocenters. The summed E-state index contributed by atoms with van der Waals surface area (Å²) < 4.78 is 11.3. The van der Waals surface area contributed by atoms with Gasteiger partial charge in [0.15, 0.2) is 5.82 Å². The lowest BCUT2D eigenvalue weighted by Crippen LogP contribution is -2.48. The van der Waals surface area contributed by atoms with E-state index in [9.17, 15) is 0 Å². The number of likely N-dealkylation sites (tertiary alicyclic amines) is 1.